The van der Waals surface area contributed by atoms with Crippen LogP contribution in [0.15, 0.2) is 121 Å². The second-order valence-corrected chi connectivity index (χ2v) is 11.9. The van der Waals surface area contributed by atoms with E-state index in [1.54, 1.807) is 32.7 Å². The van der Waals surface area contributed by atoms with E-state index in [1.807, 2.05) is 84.9 Å². The molecule has 4 rings (SSSR count). The number of nitrogens with two attached hydrogens (primary N) is 1. The number of ether oxygens (including phenoxy) is 1. The van der Waals surface area contributed by atoms with Gasteiger partial charge in [0.1, 0.15) is 11.6 Å². The second kappa shape index (κ2) is 20.3. The van der Waals surface area contributed by atoms with Crippen molar-refractivity contribution in [3.05, 3.63) is 144 Å². The Hall–Kier alpha value is -3.88. The molecule has 46 heavy (non-hydrogen) atoms. The molecule has 4 aromatic rings. The highest BCUT2D eigenvalue weighted by Crippen LogP contribution is 2.18. The molecule has 3 N–H and O–H groups in total. The van der Waals surface area contributed by atoms with E-state index in [0.29, 0.717) is 12.1 Å². The van der Waals surface area contributed by atoms with Crippen LogP contribution in [-0.4, -0.2) is 48.0 Å². The van der Waals surface area contributed by atoms with Gasteiger partial charge in [0, 0.05) is 32.7 Å². The topological polar surface area (TPSA) is 87.9 Å². The predicted molar refractivity (Wildman–Crippen MR) is 192 cm³/mol. The van der Waals surface area contributed by atoms with E-state index < -0.39 is 17.7 Å². The first-order valence-electron chi connectivity index (χ1n) is 14.9. The number of alkyl carbamates (subject to hydrolysis) is 1. The van der Waals surface area contributed by atoms with Gasteiger partial charge in [-0.3, -0.25) is 4.79 Å². The van der Waals surface area contributed by atoms with Gasteiger partial charge in [-0.2, -0.15) is 0 Å². The molecule has 7 nitrogen and oxygen atoms in total. The van der Waals surface area contributed by atoms with E-state index in [-0.39, 0.29) is 36.8 Å². The van der Waals surface area contributed by atoms with Crippen molar-refractivity contribution in [2.75, 3.05) is 20.6 Å². The first-order valence-corrected chi connectivity index (χ1v) is 14.9. The fourth-order valence-corrected chi connectivity index (χ4v) is 4.62. The van der Waals surface area contributed by atoms with E-state index in [0.717, 1.165) is 18.7 Å². The first kappa shape index (κ1) is 40.1. The summed E-state index contributed by atoms with van der Waals surface area (Å²) >= 11 is 0. The zero-order chi connectivity index (χ0) is 32.0. The molecular formula is C37H48Cl2N4O3. The minimum Gasteiger partial charge on any atom is -0.444 e. The van der Waals surface area contributed by atoms with Crippen LogP contribution in [0.5, 0.6) is 0 Å². The average molecular weight is 668 g/mol. The Morgan fingerprint density at radius 2 is 1.11 bits per heavy atom. The Morgan fingerprint density at radius 3 is 1.57 bits per heavy atom. The van der Waals surface area contributed by atoms with Crippen LogP contribution in [0.25, 0.3) is 0 Å². The smallest absolute Gasteiger partial charge is 0.408 e. The Bertz CT molecular complexity index is 1410. The number of likely N-dealkylation sites (N-methyl/N-ethyl adjacent to an activating group) is 2. The quantitative estimate of drug-likeness (QED) is 0.182. The number of carbonyl (C=O) groups is 2. The number of amides is 2. The first-order chi connectivity index (χ1) is 21.0. The van der Waals surface area contributed by atoms with E-state index in [2.05, 4.69) is 53.7 Å². The van der Waals surface area contributed by atoms with Gasteiger partial charge in [0.05, 0.1) is 0 Å². The maximum absolute atomic E-state index is 13.0. The van der Waals surface area contributed by atoms with Crippen LogP contribution in [0, 0.1) is 0 Å². The standard InChI is InChI=1S/C21H26N2O3.C16H20N2.2ClH/c1-21(2,3)26-20(25)22-18(17-13-9-6-10-14-17)19(24)23(4)15-16-11-7-5-8-12-16;1-18(12-14-8-4-2-5-9-14)13-16(17)15-10-6-3-7-11-15;;/h5-14,18H,15H2,1-4H3,(H,22,25);2-11,16H,12-13,17H2,1H3;2*1H/t18-;16-;;/m01../s1. The third kappa shape index (κ3) is 14.5. The lowest BCUT2D eigenvalue weighted by atomic mass is 10.1. The van der Waals surface area contributed by atoms with E-state index in [9.17, 15) is 9.59 Å². The minimum absolute atomic E-state index is 0. The summed E-state index contributed by atoms with van der Waals surface area (Å²) in [5.41, 5.74) is 9.82. The predicted octanol–water partition coefficient (Wildman–Crippen LogP) is 7.57. The molecule has 0 aromatic heterocycles. The lowest BCUT2D eigenvalue weighted by Gasteiger charge is -2.27. The summed E-state index contributed by atoms with van der Waals surface area (Å²) in [5.74, 6) is -0.203. The Kier molecular flexibility index (Phi) is 17.7. The molecule has 0 aliphatic carbocycles. The molecule has 0 bridgehead atoms. The monoisotopic (exact) mass is 666 g/mol. The average Bonchev–Trinajstić information content (AvgIpc) is 3.01. The number of hydrogen-bond acceptors (Lipinski definition) is 5. The van der Waals surface area contributed by atoms with Gasteiger partial charge in [0.2, 0.25) is 5.91 Å². The largest absolute Gasteiger partial charge is 0.444 e. The Balaban J connectivity index is 0.000000467. The zero-order valence-corrected chi connectivity index (χ0v) is 29.0. The maximum atomic E-state index is 13.0. The number of hydrogen-bond donors (Lipinski definition) is 2. The van der Waals surface area contributed by atoms with Gasteiger partial charge in [-0.15, -0.1) is 24.8 Å². The highest BCUT2D eigenvalue weighted by Gasteiger charge is 2.28. The van der Waals surface area contributed by atoms with Crippen LogP contribution < -0.4 is 11.1 Å². The summed E-state index contributed by atoms with van der Waals surface area (Å²) in [6.07, 6.45) is -0.618. The second-order valence-electron chi connectivity index (χ2n) is 11.9. The molecule has 248 valence electrons. The summed E-state index contributed by atoms with van der Waals surface area (Å²) < 4.78 is 5.32. The van der Waals surface area contributed by atoms with Crippen molar-refractivity contribution in [1.82, 2.24) is 15.1 Å². The number of carbonyl (C=O) groups excluding carboxylic acids is 2. The van der Waals surface area contributed by atoms with Gasteiger partial charge in [0.15, 0.2) is 0 Å². The molecule has 9 heteroatoms. The normalized spacial score (nSPS) is 11.8. The van der Waals surface area contributed by atoms with Crippen LogP contribution in [0.4, 0.5) is 4.79 Å². The van der Waals surface area contributed by atoms with Crippen LogP contribution >= 0.6 is 24.8 Å². The van der Waals surface area contributed by atoms with Crippen molar-refractivity contribution in [3.63, 3.8) is 0 Å². The number of rotatable bonds is 10. The van der Waals surface area contributed by atoms with Gasteiger partial charge in [0.25, 0.3) is 0 Å². The highest BCUT2D eigenvalue weighted by atomic mass is 35.5. The van der Waals surface area contributed by atoms with Crippen LogP contribution in [0.3, 0.4) is 0 Å². The summed E-state index contributed by atoms with van der Waals surface area (Å²) in [6.45, 7) is 7.60. The van der Waals surface area contributed by atoms with Gasteiger partial charge < -0.3 is 25.6 Å². The van der Waals surface area contributed by atoms with Crippen molar-refractivity contribution in [3.8, 4) is 0 Å². The number of benzene rings is 4. The maximum Gasteiger partial charge on any atom is 0.408 e. The molecule has 0 saturated heterocycles. The molecule has 4 aromatic carbocycles. The van der Waals surface area contributed by atoms with Crippen molar-refractivity contribution >= 4 is 36.8 Å². The fourth-order valence-electron chi connectivity index (χ4n) is 4.62. The van der Waals surface area contributed by atoms with E-state index >= 15 is 0 Å². The molecule has 0 saturated carbocycles. The lowest BCUT2D eigenvalue weighted by Crippen LogP contribution is -2.43. The third-order valence-electron chi connectivity index (χ3n) is 6.71. The van der Waals surface area contributed by atoms with Gasteiger partial charge in [-0.05, 0) is 50.1 Å². The SMILES string of the molecule is CN(Cc1ccccc1)C(=O)[C@@H](NC(=O)OC(C)(C)C)c1ccccc1.CN(Cc1ccccc1)C[C@@H](N)c1ccccc1.Cl.Cl. The molecule has 0 radical (unpaired) electrons. The van der Waals surface area contributed by atoms with Crippen molar-refractivity contribution < 1.29 is 14.3 Å². The van der Waals surface area contributed by atoms with Crippen LogP contribution in [0.2, 0.25) is 0 Å². The third-order valence-corrected chi connectivity index (χ3v) is 6.71. The summed E-state index contributed by atoms with van der Waals surface area (Å²) in [4.78, 5) is 29.1. The summed E-state index contributed by atoms with van der Waals surface area (Å²) in [6, 6.07) is 38.9. The van der Waals surface area contributed by atoms with Crippen LogP contribution in [-0.2, 0) is 22.6 Å². The number of nitrogens with one attached hydrogen (secondary N) is 1. The molecule has 0 fully saturated rings. The lowest BCUT2D eigenvalue weighted by molar-refractivity contribution is -0.132. The van der Waals surface area contributed by atoms with E-state index in [4.69, 9.17) is 10.5 Å². The summed E-state index contributed by atoms with van der Waals surface area (Å²) in [5, 5.41) is 2.70. The van der Waals surface area contributed by atoms with E-state index in [1.165, 1.54) is 11.1 Å². The molecule has 0 aliphatic rings. The molecule has 0 aliphatic heterocycles. The fraction of sp³-hybridized carbons (Fsp3) is 0.297. The zero-order valence-electron chi connectivity index (χ0n) is 27.3. The number of halogens is 2. The number of nitrogens with zero attached hydrogens (tertiary/aromatic N) is 2. The van der Waals surface area contributed by atoms with Crippen molar-refractivity contribution in [2.24, 2.45) is 5.73 Å². The van der Waals surface area contributed by atoms with Crippen molar-refractivity contribution in [2.45, 2.75) is 51.5 Å². The Morgan fingerprint density at radius 1 is 0.696 bits per heavy atom. The molecule has 2 amide bonds. The molecule has 0 heterocycles. The minimum atomic E-state index is -0.806. The molecule has 0 unspecified atom stereocenters. The van der Waals surface area contributed by atoms with Gasteiger partial charge in [-0.1, -0.05) is 121 Å². The molecule has 2 atom stereocenters. The molecule has 0 spiro atoms. The molecular weight excluding hydrogens is 619 g/mol. The van der Waals surface area contributed by atoms with Crippen molar-refractivity contribution in [1.29, 1.82) is 0 Å². The summed E-state index contributed by atoms with van der Waals surface area (Å²) in [7, 11) is 3.83. The Labute approximate surface area is 287 Å². The van der Waals surface area contributed by atoms with Crippen LogP contribution in [0.1, 0.15) is 55.1 Å². The highest BCUT2D eigenvalue weighted by molar-refractivity contribution is 5.87. The van der Waals surface area contributed by atoms with Gasteiger partial charge >= 0.3 is 6.09 Å². The van der Waals surface area contributed by atoms with Gasteiger partial charge in [-0.25, -0.2) is 4.79 Å².